The van der Waals surface area contributed by atoms with Crippen molar-refractivity contribution < 1.29 is 14.7 Å². The number of nitrogens with one attached hydrogen (secondary N) is 1. The lowest BCUT2D eigenvalue weighted by Gasteiger charge is -2.33. The maximum absolute atomic E-state index is 11.8. The van der Waals surface area contributed by atoms with E-state index in [4.69, 9.17) is 5.73 Å². The Morgan fingerprint density at radius 2 is 2.00 bits per heavy atom. The molecule has 1 fully saturated rings. The van der Waals surface area contributed by atoms with Crippen LogP contribution in [0.3, 0.4) is 0 Å². The van der Waals surface area contributed by atoms with E-state index in [0.717, 1.165) is 25.0 Å². The van der Waals surface area contributed by atoms with Crippen LogP contribution >= 0.6 is 11.8 Å². The molecule has 0 aliphatic heterocycles. The van der Waals surface area contributed by atoms with Gasteiger partial charge in [0.2, 0.25) is 5.91 Å². The average Bonchev–Trinajstić information content (AvgIpc) is 2.42. The Morgan fingerprint density at radius 1 is 1.37 bits per heavy atom. The summed E-state index contributed by atoms with van der Waals surface area (Å²) < 4.78 is 0. The van der Waals surface area contributed by atoms with Gasteiger partial charge in [-0.15, -0.1) is 0 Å². The van der Waals surface area contributed by atoms with Crippen LogP contribution in [0, 0.1) is 5.41 Å². The second kappa shape index (κ2) is 7.75. The molecular weight excluding hydrogens is 264 g/mol. The number of hydrogen-bond acceptors (Lipinski definition) is 4. The van der Waals surface area contributed by atoms with Crippen molar-refractivity contribution in [3.05, 3.63) is 0 Å². The van der Waals surface area contributed by atoms with E-state index in [-0.39, 0.29) is 12.5 Å². The molecule has 19 heavy (non-hydrogen) atoms. The zero-order valence-electron chi connectivity index (χ0n) is 11.5. The smallest absolute Gasteiger partial charge is 0.311 e. The molecule has 0 aromatic carbocycles. The molecule has 0 heterocycles. The van der Waals surface area contributed by atoms with Gasteiger partial charge in [0.25, 0.3) is 0 Å². The predicted molar refractivity (Wildman–Crippen MR) is 77.1 cm³/mol. The maximum Gasteiger partial charge on any atom is 0.311 e. The number of nitrogens with two attached hydrogens (primary N) is 1. The van der Waals surface area contributed by atoms with E-state index >= 15 is 0 Å². The molecule has 1 amide bonds. The average molecular weight is 288 g/mol. The zero-order valence-corrected chi connectivity index (χ0v) is 12.3. The minimum absolute atomic E-state index is 0.203. The van der Waals surface area contributed by atoms with Crippen LogP contribution in [0.5, 0.6) is 0 Å². The quantitative estimate of drug-likeness (QED) is 0.655. The standard InChI is InChI=1S/C13H24N2O3S/c1-19-8-5-10(14)11(16)15-9-13(12(17)18)6-3-2-4-7-13/h10H,2-9,14H2,1H3,(H,15,16)(H,17,18)/t10-/m0/s1. The first-order chi connectivity index (χ1) is 9.02. The van der Waals surface area contributed by atoms with E-state index < -0.39 is 17.4 Å². The van der Waals surface area contributed by atoms with Gasteiger partial charge in [0.1, 0.15) is 0 Å². The molecule has 0 bridgehead atoms. The van der Waals surface area contributed by atoms with Crippen LogP contribution in [-0.2, 0) is 9.59 Å². The van der Waals surface area contributed by atoms with Crippen LogP contribution in [0.1, 0.15) is 38.5 Å². The van der Waals surface area contributed by atoms with Gasteiger partial charge in [-0.25, -0.2) is 0 Å². The molecule has 110 valence electrons. The number of rotatable bonds is 7. The summed E-state index contributed by atoms with van der Waals surface area (Å²) in [6.07, 6.45) is 6.78. The van der Waals surface area contributed by atoms with E-state index in [2.05, 4.69) is 5.32 Å². The third-order valence-corrected chi connectivity index (χ3v) is 4.48. The fraction of sp³-hybridized carbons (Fsp3) is 0.846. The lowest BCUT2D eigenvalue weighted by atomic mass is 9.74. The van der Waals surface area contributed by atoms with Crippen LogP contribution in [-0.4, -0.2) is 41.6 Å². The van der Waals surface area contributed by atoms with Gasteiger partial charge in [0.05, 0.1) is 11.5 Å². The molecular formula is C13H24N2O3S. The first kappa shape index (κ1) is 16.3. The van der Waals surface area contributed by atoms with Crippen molar-refractivity contribution in [3.8, 4) is 0 Å². The molecule has 4 N–H and O–H groups in total. The first-order valence-corrected chi connectivity index (χ1v) is 8.17. The van der Waals surface area contributed by atoms with E-state index in [0.29, 0.717) is 19.3 Å². The van der Waals surface area contributed by atoms with Crippen LogP contribution < -0.4 is 11.1 Å². The molecule has 1 saturated carbocycles. The highest BCUT2D eigenvalue weighted by Crippen LogP contribution is 2.35. The van der Waals surface area contributed by atoms with Crippen molar-refractivity contribution in [2.75, 3.05) is 18.6 Å². The highest BCUT2D eigenvalue weighted by Gasteiger charge is 2.39. The molecule has 0 aromatic rings. The minimum Gasteiger partial charge on any atom is -0.481 e. The van der Waals surface area contributed by atoms with Gasteiger partial charge in [-0.2, -0.15) is 11.8 Å². The van der Waals surface area contributed by atoms with Gasteiger partial charge < -0.3 is 16.2 Å². The molecule has 0 radical (unpaired) electrons. The topological polar surface area (TPSA) is 92.4 Å². The third kappa shape index (κ3) is 4.69. The van der Waals surface area contributed by atoms with E-state index in [9.17, 15) is 14.7 Å². The van der Waals surface area contributed by atoms with Gasteiger partial charge in [-0.05, 0) is 31.3 Å². The highest BCUT2D eigenvalue weighted by atomic mass is 32.2. The monoisotopic (exact) mass is 288 g/mol. The summed E-state index contributed by atoms with van der Waals surface area (Å²) in [5, 5.41) is 12.1. The number of carboxylic acids is 1. The molecule has 1 rings (SSSR count). The number of thioether (sulfide) groups is 1. The summed E-state index contributed by atoms with van der Waals surface area (Å²) in [5.41, 5.74) is 4.98. The molecule has 1 atom stereocenters. The number of carboxylic acid groups (broad SMARTS) is 1. The number of hydrogen-bond donors (Lipinski definition) is 3. The Morgan fingerprint density at radius 3 is 2.53 bits per heavy atom. The number of carbonyl (C=O) groups is 2. The van der Waals surface area contributed by atoms with E-state index in [1.54, 1.807) is 11.8 Å². The zero-order chi connectivity index (χ0) is 14.3. The summed E-state index contributed by atoms with van der Waals surface area (Å²) in [7, 11) is 0. The largest absolute Gasteiger partial charge is 0.481 e. The predicted octanol–water partition coefficient (Wildman–Crippen LogP) is 1.22. The lowest BCUT2D eigenvalue weighted by molar-refractivity contribution is -0.151. The van der Waals surface area contributed by atoms with Crippen molar-refractivity contribution in [2.24, 2.45) is 11.1 Å². The Bertz CT molecular complexity index is 317. The SMILES string of the molecule is CSCC[C@H](N)C(=O)NCC1(C(=O)O)CCCCC1. The first-order valence-electron chi connectivity index (χ1n) is 6.77. The third-order valence-electron chi connectivity index (χ3n) is 3.84. The molecule has 0 saturated heterocycles. The van der Waals surface area contributed by atoms with Crippen LogP contribution in [0.15, 0.2) is 0 Å². The van der Waals surface area contributed by atoms with Gasteiger partial charge in [-0.3, -0.25) is 9.59 Å². The second-order valence-electron chi connectivity index (χ2n) is 5.25. The number of amides is 1. The molecule has 0 unspecified atom stereocenters. The normalized spacial score (nSPS) is 19.7. The summed E-state index contributed by atoms with van der Waals surface area (Å²) >= 11 is 1.64. The highest BCUT2D eigenvalue weighted by molar-refractivity contribution is 7.98. The summed E-state index contributed by atoms with van der Waals surface area (Å²) in [4.78, 5) is 23.3. The molecule has 0 aromatic heterocycles. The summed E-state index contributed by atoms with van der Waals surface area (Å²) in [6.45, 7) is 0.203. The van der Waals surface area contributed by atoms with Gasteiger partial charge in [0, 0.05) is 6.54 Å². The minimum atomic E-state index is -0.801. The summed E-state index contributed by atoms with van der Waals surface area (Å²) in [5.74, 6) is -0.205. The second-order valence-corrected chi connectivity index (χ2v) is 6.24. The molecule has 1 aliphatic rings. The molecule has 1 aliphatic carbocycles. The van der Waals surface area contributed by atoms with Crippen LogP contribution in [0.4, 0.5) is 0 Å². The fourth-order valence-corrected chi connectivity index (χ4v) is 2.95. The van der Waals surface area contributed by atoms with Crippen molar-refractivity contribution in [1.82, 2.24) is 5.32 Å². The molecule has 0 spiro atoms. The number of carbonyl (C=O) groups excluding carboxylic acids is 1. The Labute approximate surface area is 118 Å². The molecule has 6 heteroatoms. The van der Waals surface area contributed by atoms with Gasteiger partial charge in [0.15, 0.2) is 0 Å². The van der Waals surface area contributed by atoms with Crippen molar-refractivity contribution in [1.29, 1.82) is 0 Å². The Hall–Kier alpha value is -0.750. The van der Waals surface area contributed by atoms with E-state index in [1.165, 1.54) is 0 Å². The van der Waals surface area contributed by atoms with Gasteiger partial charge in [-0.1, -0.05) is 19.3 Å². The number of aliphatic carboxylic acids is 1. The van der Waals surface area contributed by atoms with Crippen molar-refractivity contribution in [2.45, 2.75) is 44.6 Å². The Kier molecular flexibility index (Phi) is 6.65. The van der Waals surface area contributed by atoms with Crippen LogP contribution in [0.2, 0.25) is 0 Å². The van der Waals surface area contributed by atoms with Crippen molar-refractivity contribution in [3.63, 3.8) is 0 Å². The van der Waals surface area contributed by atoms with Crippen molar-refractivity contribution >= 4 is 23.6 Å². The lowest BCUT2D eigenvalue weighted by Crippen LogP contribution is -2.48. The fourth-order valence-electron chi connectivity index (χ4n) is 2.46. The van der Waals surface area contributed by atoms with Crippen LogP contribution in [0.25, 0.3) is 0 Å². The maximum atomic E-state index is 11.8. The molecule has 5 nitrogen and oxygen atoms in total. The van der Waals surface area contributed by atoms with Gasteiger partial charge >= 0.3 is 5.97 Å². The Balaban J connectivity index is 2.48. The van der Waals surface area contributed by atoms with E-state index in [1.807, 2.05) is 6.26 Å². The summed E-state index contributed by atoms with van der Waals surface area (Å²) in [6, 6.07) is -0.540.